The lowest BCUT2D eigenvalue weighted by atomic mass is 9.83. The van der Waals surface area contributed by atoms with Crippen LogP contribution in [0.5, 0.6) is 0 Å². The number of benzene rings is 6. The third-order valence-electron chi connectivity index (χ3n) is 8.73. The van der Waals surface area contributed by atoms with Crippen LogP contribution in [-0.2, 0) is 0 Å². The van der Waals surface area contributed by atoms with E-state index in [0.29, 0.717) is 50.5 Å². The van der Waals surface area contributed by atoms with E-state index in [9.17, 15) is 0 Å². The highest BCUT2D eigenvalue weighted by Crippen LogP contribution is 2.38. The van der Waals surface area contributed by atoms with Crippen LogP contribution in [0.2, 0.25) is 0 Å². The summed E-state index contributed by atoms with van der Waals surface area (Å²) in [6, 6.07) is 39.2. The van der Waals surface area contributed by atoms with Crippen molar-refractivity contribution in [1.82, 2.24) is 19.5 Å². The molecule has 48 heavy (non-hydrogen) atoms. The molecule has 9 aromatic rings. The second-order valence-corrected chi connectivity index (χ2v) is 11.8. The molecule has 9 rings (SSSR count). The van der Waals surface area contributed by atoms with E-state index >= 15 is 0 Å². The van der Waals surface area contributed by atoms with Gasteiger partial charge in [-0.05, 0) is 24.3 Å². The van der Waals surface area contributed by atoms with E-state index in [1.54, 1.807) is 12.1 Å². The Kier molecular flexibility index (Phi) is 6.44. The highest BCUT2D eigenvalue weighted by atomic mass is 16.3. The first kappa shape index (κ1) is 28.4. The van der Waals surface area contributed by atoms with Crippen molar-refractivity contribution < 1.29 is 4.42 Å². The zero-order valence-electron chi connectivity index (χ0n) is 25.6. The fourth-order valence-corrected chi connectivity index (χ4v) is 6.69. The van der Waals surface area contributed by atoms with Gasteiger partial charge in [0.2, 0.25) is 0 Å². The molecule has 0 aliphatic carbocycles. The maximum Gasteiger partial charge on any atom is 0.164 e. The second kappa shape index (κ2) is 10.9. The Hall–Kier alpha value is -5.81. The van der Waals surface area contributed by atoms with Gasteiger partial charge in [0.05, 0.1) is 11.1 Å². The summed E-state index contributed by atoms with van der Waals surface area (Å²) < 4.78 is 8.61. The predicted octanol–water partition coefficient (Wildman–Crippen LogP) is 5.04. The SMILES string of the molecule is [B]c1cc([B])c2c(c1)c1cc([B])cc([B])c1n2-c1cccc2oc3cc(-c4nc(-c5ccccc5)nc(-c5ccccc5)n4)ccc3c12. The van der Waals surface area contributed by atoms with Gasteiger partial charge in [0.15, 0.2) is 17.5 Å². The van der Waals surface area contributed by atoms with Crippen molar-refractivity contribution in [3.05, 3.63) is 121 Å². The summed E-state index contributed by atoms with van der Waals surface area (Å²) in [4.78, 5) is 14.6. The van der Waals surface area contributed by atoms with Crippen LogP contribution < -0.4 is 21.9 Å². The molecule has 6 aromatic carbocycles. The Bertz CT molecular complexity index is 2600. The third kappa shape index (κ3) is 4.49. The lowest BCUT2D eigenvalue weighted by molar-refractivity contribution is 0.669. The van der Waals surface area contributed by atoms with E-state index in [4.69, 9.17) is 50.8 Å². The number of nitrogens with zero attached hydrogens (tertiary/aromatic N) is 4. The van der Waals surface area contributed by atoms with Crippen molar-refractivity contribution >= 4 is 97.0 Å². The number of hydrogen-bond donors (Lipinski definition) is 0. The highest BCUT2D eigenvalue weighted by molar-refractivity contribution is 6.48. The Balaban J connectivity index is 1.28. The van der Waals surface area contributed by atoms with Gasteiger partial charge < -0.3 is 8.98 Å². The van der Waals surface area contributed by atoms with Crippen LogP contribution in [-0.4, -0.2) is 50.9 Å². The summed E-state index contributed by atoms with van der Waals surface area (Å²) in [5.74, 6) is 1.73. The molecule has 0 aliphatic heterocycles. The van der Waals surface area contributed by atoms with Gasteiger partial charge >= 0.3 is 0 Å². The van der Waals surface area contributed by atoms with E-state index in [1.165, 1.54) is 0 Å². The van der Waals surface area contributed by atoms with Gasteiger partial charge in [-0.15, -0.1) is 0 Å². The Morgan fingerprint density at radius 2 is 1.00 bits per heavy atom. The fraction of sp³-hybridized carbons (Fsp3) is 0. The maximum atomic E-state index is 6.66. The second-order valence-electron chi connectivity index (χ2n) is 11.8. The van der Waals surface area contributed by atoms with E-state index in [2.05, 4.69) is 4.57 Å². The molecule has 0 amide bonds. The molecule has 3 heterocycles. The average Bonchev–Trinajstić information content (AvgIpc) is 3.64. The Morgan fingerprint density at radius 3 is 1.56 bits per heavy atom. The highest BCUT2D eigenvalue weighted by Gasteiger charge is 2.21. The molecule has 0 N–H and O–H groups in total. The molecule has 8 radical (unpaired) electrons. The van der Waals surface area contributed by atoms with Crippen LogP contribution in [0.15, 0.2) is 126 Å². The molecule has 3 aromatic heterocycles. The normalized spacial score (nSPS) is 11.7. The van der Waals surface area contributed by atoms with Gasteiger partial charge in [-0.1, -0.05) is 119 Å². The third-order valence-corrected chi connectivity index (χ3v) is 8.73. The molecule has 0 saturated carbocycles. The molecule has 214 valence electrons. The van der Waals surface area contributed by atoms with E-state index < -0.39 is 0 Å². The Labute approximate surface area is 281 Å². The molecule has 5 nitrogen and oxygen atoms in total. The van der Waals surface area contributed by atoms with Crippen molar-refractivity contribution in [2.45, 2.75) is 0 Å². The monoisotopic (exact) mass is 604 g/mol. The van der Waals surface area contributed by atoms with Gasteiger partial charge in [-0.2, -0.15) is 0 Å². The van der Waals surface area contributed by atoms with Crippen molar-refractivity contribution in [2.24, 2.45) is 0 Å². The first-order valence-electron chi connectivity index (χ1n) is 15.4. The standard InChI is InChI=1S/C39H20B4N4O/c40-24-17-27-28-18-25(41)20-30(43)36(28)47(35(27)29(42)19-24)31-12-7-13-32-34(31)26-15-14-23(16-33(26)48-32)39-45-37(21-8-3-1-4-9-21)44-38(46-39)22-10-5-2-6-11-22/h1-20H. The molecule has 0 fully saturated rings. The summed E-state index contributed by atoms with van der Waals surface area (Å²) in [7, 11) is 25.8. The van der Waals surface area contributed by atoms with Gasteiger partial charge in [0.25, 0.3) is 0 Å². The number of rotatable bonds is 4. The van der Waals surface area contributed by atoms with E-state index in [1.807, 2.05) is 109 Å². The predicted molar refractivity (Wildman–Crippen MR) is 199 cm³/mol. The van der Waals surface area contributed by atoms with Gasteiger partial charge in [0, 0.05) is 43.9 Å². The minimum Gasteiger partial charge on any atom is -0.456 e. The summed E-state index contributed by atoms with van der Waals surface area (Å²) in [5.41, 5.74) is 8.64. The van der Waals surface area contributed by atoms with Crippen LogP contribution >= 0.6 is 0 Å². The molecule has 9 heteroatoms. The van der Waals surface area contributed by atoms with Gasteiger partial charge in [0.1, 0.15) is 42.6 Å². The van der Waals surface area contributed by atoms with Crippen LogP contribution in [0.1, 0.15) is 0 Å². The minimum absolute atomic E-state index is 0.532. The Morgan fingerprint density at radius 1 is 0.458 bits per heavy atom. The number of furan rings is 1. The van der Waals surface area contributed by atoms with Crippen molar-refractivity contribution in [2.75, 3.05) is 0 Å². The number of fused-ring (bicyclic) bond motifs is 6. The number of aromatic nitrogens is 4. The smallest absolute Gasteiger partial charge is 0.164 e. The van der Waals surface area contributed by atoms with Crippen LogP contribution in [0.25, 0.3) is 83.6 Å². The molecular formula is C39H20B4N4O. The first-order valence-corrected chi connectivity index (χ1v) is 15.4. The van der Waals surface area contributed by atoms with Crippen LogP contribution in [0, 0.1) is 0 Å². The first-order chi connectivity index (χ1) is 23.4. The number of hydrogen-bond acceptors (Lipinski definition) is 4. The molecule has 0 saturated heterocycles. The van der Waals surface area contributed by atoms with Crippen molar-refractivity contribution in [1.29, 1.82) is 0 Å². The van der Waals surface area contributed by atoms with Crippen molar-refractivity contribution in [3.8, 4) is 39.9 Å². The minimum atomic E-state index is 0.532. The zero-order chi connectivity index (χ0) is 32.5. The average molecular weight is 604 g/mol. The lowest BCUT2D eigenvalue weighted by Gasteiger charge is -2.13. The molecule has 0 unspecified atom stereocenters. The summed E-state index contributed by atoms with van der Waals surface area (Å²) in [6.07, 6.45) is 0. The summed E-state index contributed by atoms with van der Waals surface area (Å²) in [5, 5.41) is 3.57. The zero-order valence-corrected chi connectivity index (χ0v) is 25.6. The molecule has 0 bridgehead atoms. The largest absolute Gasteiger partial charge is 0.456 e. The molecule has 0 aliphatic rings. The fourth-order valence-electron chi connectivity index (χ4n) is 6.69. The molecular weight excluding hydrogens is 584 g/mol. The van der Waals surface area contributed by atoms with Crippen molar-refractivity contribution in [3.63, 3.8) is 0 Å². The molecule has 0 spiro atoms. The van der Waals surface area contributed by atoms with Gasteiger partial charge in [-0.3, -0.25) is 0 Å². The van der Waals surface area contributed by atoms with E-state index in [0.717, 1.165) is 55.0 Å². The van der Waals surface area contributed by atoms with Gasteiger partial charge in [-0.25, -0.2) is 15.0 Å². The maximum absolute atomic E-state index is 6.66. The summed E-state index contributed by atoms with van der Waals surface area (Å²) in [6.45, 7) is 0. The van der Waals surface area contributed by atoms with Crippen LogP contribution in [0.4, 0.5) is 0 Å². The van der Waals surface area contributed by atoms with Crippen LogP contribution in [0.3, 0.4) is 0 Å². The quantitative estimate of drug-likeness (QED) is 0.265. The lowest BCUT2D eigenvalue weighted by Crippen LogP contribution is -2.18. The molecule has 0 atom stereocenters. The summed E-state index contributed by atoms with van der Waals surface area (Å²) >= 11 is 0. The topological polar surface area (TPSA) is 56.7 Å². The van der Waals surface area contributed by atoms with E-state index in [-0.39, 0.29) is 0 Å².